The molecule has 1 atom stereocenters. The fourth-order valence-electron chi connectivity index (χ4n) is 0.900. The van der Waals surface area contributed by atoms with Crippen molar-refractivity contribution < 1.29 is 4.79 Å². The second-order valence-corrected chi connectivity index (χ2v) is 3.24. The minimum atomic E-state index is 0.265. The van der Waals surface area contributed by atoms with Gasteiger partial charge in [-0.15, -0.1) is 0 Å². The molecule has 0 bridgehead atoms. The Hall–Kier alpha value is -0.270. The summed E-state index contributed by atoms with van der Waals surface area (Å²) in [6, 6.07) is 0.265. The third-order valence-corrected chi connectivity index (χ3v) is 2.57. The summed E-state index contributed by atoms with van der Waals surface area (Å²) < 4.78 is 0. The number of rotatable bonds is 1. The molecule has 1 fully saturated rings. The van der Waals surface area contributed by atoms with E-state index in [0.717, 1.165) is 12.2 Å². The van der Waals surface area contributed by atoms with E-state index in [1.807, 2.05) is 11.8 Å². The van der Waals surface area contributed by atoms with Gasteiger partial charge < -0.3 is 0 Å². The Kier molecular flexibility index (Phi) is 2.81. The van der Waals surface area contributed by atoms with Gasteiger partial charge in [0.05, 0.1) is 6.04 Å². The molecule has 1 saturated heterocycles. The quantitative estimate of drug-likeness (QED) is 0.408. The van der Waals surface area contributed by atoms with Crippen LogP contribution in [0.2, 0.25) is 0 Å². The molecule has 9 heavy (non-hydrogen) atoms. The van der Waals surface area contributed by atoms with Gasteiger partial charge in [-0.1, -0.05) is 0 Å². The van der Waals surface area contributed by atoms with Gasteiger partial charge in [-0.2, -0.15) is 11.8 Å². The summed E-state index contributed by atoms with van der Waals surface area (Å²) in [7, 11) is 0. The zero-order chi connectivity index (χ0) is 6.53. The van der Waals surface area contributed by atoms with E-state index >= 15 is 0 Å². The molecule has 1 aliphatic heterocycles. The molecule has 0 amide bonds. The SMILES string of the molecule is O=C=NC1CCCSC1. The zero-order valence-corrected chi connectivity index (χ0v) is 5.99. The second kappa shape index (κ2) is 3.70. The molecular formula is C6H9NOS. The molecule has 0 aromatic heterocycles. The first-order valence-corrected chi connectivity index (χ1v) is 4.23. The van der Waals surface area contributed by atoms with E-state index < -0.39 is 0 Å². The minimum absolute atomic E-state index is 0.265. The number of hydrogen-bond donors (Lipinski definition) is 0. The lowest BCUT2D eigenvalue weighted by atomic mass is 10.2. The smallest absolute Gasteiger partial charge is 0.211 e. The van der Waals surface area contributed by atoms with E-state index in [1.165, 1.54) is 12.2 Å². The Labute approximate surface area is 58.7 Å². The van der Waals surface area contributed by atoms with Crippen molar-refractivity contribution >= 4 is 17.8 Å². The van der Waals surface area contributed by atoms with Crippen molar-refractivity contribution in [1.82, 2.24) is 0 Å². The lowest BCUT2D eigenvalue weighted by Gasteiger charge is -2.14. The lowest BCUT2D eigenvalue weighted by molar-refractivity contribution is 0.554. The van der Waals surface area contributed by atoms with Crippen molar-refractivity contribution in [2.75, 3.05) is 11.5 Å². The van der Waals surface area contributed by atoms with Crippen LogP contribution in [-0.2, 0) is 4.79 Å². The summed E-state index contributed by atoms with van der Waals surface area (Å²) in [5.74, 6) is 2.24. The van der Waals surface area contributed by atoms with Gasteiger partial charge in [0.15, 0.2) is 0 Å². The van der Waals surface area contributed by atoms with Crippen LogP contribution in [0.1, 0.15) is 12.8 Å². The van der Waals surface area contributed by atoms with Crippen LogP contribution in [0.25, 0.3) is 0 Å². The van der Waals surface area contributed by atoms with E-state index in [4.69, 9.17) is 0 Å². The molecule has 50 valence electrons. The Morgan fingerprint density at radius 3 is 3.11 bits per heavy atom. The molecule has 2 nitrogen and oxygen atoms in total. The van der Waals surface area contributed by atoms with Gasteiger partial charge in [0, 0.05) is 5.75 Å². The first-order chi connectivity index (χ1) is 4.43. The molecule has 0 N–H and O–H groups in total. The Balaban J connectivity index is 2.31. The van der Waals surface area contributed by atoms with E-state index in [1.54, 1.807) is 6.08 Å². The Morgan fingerprint density at radius 2 is 2.56 bits per heavy atom. The number of isocyanates is 1. The van der Waals surface area contributed by atoms with E-state index in [9.17, 15) is 4.79 Å². The van der Waals surface area contributed by atoms with E-state index in [0.29, 0.717) is 0 Å². The number of nitrogens with zero attached hydrogens (tertiary/aromatic N) is 1. The minimum Gasteiger partial charge on any atom is -0.211 e. The molecule has 0 aliphatic carbocycles. The van der Waals surface area contributed by atoms with Gasteiger partial charge in [0.25, 0.3) is 0 Å². The maximum atomic E-state index is 9.77. The first-order valence-electron chi connectivity index (χ1n) is 3.08. The van der Waals surface area contributed by atoms with Crippen molar-refractivity contribution in [3.05, 3.63) is 0 Å². The van der Waals surface area contributed by atoms with Crippen molar-refractivity contribution in [3.63, 3.8) is 0 Å². The highest BCUT2D eigenvalue weighted by atomic mass is 32.2. The topological polar surface area (TPSA) is 29.4 Å². The van der Waals surface area contributed by atoms with Crippen molar-refractivity contribution in [3.8, 4) is 0 Å². The summed E-state index contributed by atoms with van der Waals surface area (Å²) in [6.45, 7) is 0. The fraction of sp³-hybridized carbons (Fsp3) is 0.833. The number of carbonyl (C=O) groups excluding carboxylic acids is 1. The largest absolute Gasteiger partial charge is 0.235 e. The number of thioether (sulfide) groups is 1. The maximum absolute atomic E-state index is 9.77. The maximum Gasteiger partial charge on any atom is 0.235 e. The highest BCUT2D eigenvalue weighted by Crippen LogP contribution is 2.18. The molecule has 0 saturated carbocycles. The highest BCUT2D eigenvalue weighted by Gasteiger charge is 2.11. The van der Waals surface area contributed by atoms with Crippen molar-refractivity contribution in [2.24, 2.45) is 4.99 Å². The molecule has 1 aliphatic rings. The van der Waals surface area contributed by atoms with Crippen molar-refractivity contribution in [1.29, 1.82) is 0 Å². The van der Waals surface area contributed by atoms with Crippen LogP contribution in [0.5, 0.6) is 0 Å². The van der Waals surface area contributed by atoms with Gasteiger partial charge in [-0.25, -0.2) is 9.79 Å². The fourth-order valence-corrected chi connectivity index (χ4v) is 1.95. The molecule has 0 radical (unpaired) electrons. The molecule has 0 aromatic carbocycles. The molecule has 1 rings (SSSR count). The third kappa shape index (κ3) is 2.20. The van der Waals surface area contributed by atoms with E-state index in [2.05, 4.69) is 4.99 Å². The van der Waals surface area contributed by atoms with Gasteiger partial charge in [-0.05, 0) is 18.6 Å². The van der Waals surface area contributed by atoms with E-state index in [-0.39, 0.29) is 6.04 Å². The van der Waals surface area contributed by atoms with Crippen LogP contribution in [0.15, 0.2) is 4.99 Å². The summed E-state index contributed by atoms with van der Waals surface area (Å²) in [4.78, 5) is 13.4. The summed E-state index contributed by atoms with van der Waals surface area (Å²) in [5.41, 5.74) is 0. The number of hydrogen-bond acceptors (Lipinski definition) is 3. The second-order valence-electron chi connectivity index (χ2n) is 2.09. The van der Waals surface area contributed by atoms with Crippen LogP contribution < -0.4 is 0 Å². The zero-order valence-electron chi connectivity index (χ0n) is 5.17. The molecule has 1 unspecified atom stereocenters. The monoisotopic (exact) mass is 143 g/mol. The summed E-state index contributed by atoms with van der Waals surface area (Å²) in [6.07, 6.45) is 3.87. The van der Waals surface area contributed by atoms with Crippen LogP contribution in [0, 0.1) is 0 Å². The summed E-state index contributed by atoms with van der Waals surface area (Å²) in [5, 5.41) is 0. The predicted octanol–water partition coefficient (Wildman–Crippen LogP) is 1.22. The van der Waals surface area contributed by atoms with Crippen LogP contribution in [0.4, 0.5) is 0 Å². The molecular weight excluding hydrogens is 134 g/mol. The molecule has 0 spiro atoms. The van der Waals surface area contributed by atoms with Gasteiger partial charge in [-0.3, -0.25) is 0 Å². The molecule has 0 aromatic rings. The predicted molar refractivity (Wildman–Crippen MR) is 38.5 cm³/mol. The summed E-state index contributed by atoms with van der Waals surface area (Å²) >= 11 is 1.87. The van der Waals surface area contributed by atoms with Gasteiger partial charge >= 0.3 is 0 Å². The average Bonchev–Trinajstić information content (AvgIpc) is 1.91. The van der Waals surface area contributed by atoms with Crippen molar-refractivity contribution in [2.45, 2.75) is 18.9 Å². The normalized spacial score (nSPS) is 26.9. The number of aliphatic imine (C=N–C) groups is 1. The standard InChI is InChI=1S/C6H9NOS/c8-5-7-6-2-1-3-9-4-6/h6H,1-4H2. The van der Waals surface area contributed by atoms with Gasteiger partial charge in [0.1, 0.15) is 0 Å². The molecule has 1 heterocycles. The first kappa shape index (κ1) is 6.84. The average molecular weight is 143 g/mol. The Bertz CT molecular complexity index is 125. The van der Waals surface area contributed by atoms with Gasteiger partial charge in [0.2, 0.25) is 6.08 Å². The third-order valence-electron chi connectivity index (χ3n) is 1.37. The van der Waals surface area contributed by atoms with Crippen LogP contribution in [-0.4, -0.2) is 23.6 Å². The Morgan fingerprint density at radius 1 is 1.67 bits per heavy atom. The van der Waals surface area contributed by atoms with Crippen LogP contribution in [0.3, 0.4) is 0 Å². The highest BCUT2D eigenvalue weighted by molar-refractivity contribution is 7.99. The lowest BCUT2D eigenvalue weighted by Crippen LogP contribution is -2.13. The molecule has 3 heteroatoms. The van der Waals surface area contributed by atoms with Crippen LogP contribution >= 0.6 is 11.8 Å².